The van der Waals surface area contributed by atoms with Crippen LogP contribution in [-0.2, 0) is 0 Å². The summed E-state index contributed by atoms with van der Waals surface area (Å²) in [5.41, 5.74) is 3.12. The van der Waals surface area contributed by atoms with E-state index in [4.69, 9.17) is 0 Å². The van der Waals surface area contributed by atoms with Crippen LogP contribution in [0.2, 0.25) is 0 Å². The van der Waals surface area contributed by atoms with Gasteiger partial charge in [0, 0.05) is 4.47 Å². The first-order valence-corrected chi connectivity index (χ1v) is 6.59. The molecule has 18 heavy (non-hydrogen) atoms. The second kappa shape index (κ2) is 6.41. The molecule has 0 N–H and O–H groups in total. The summed E-state index contributed by atoms with van der Waals surface area (Å²) in [7, 11) is 0. The molecule has 0 aliphatic heterocycles. The summed E-state index contributed by atoms with van der Waals surface area (Å²) in [5, 5.41) is 2.35. The largest absolute Gasteiger partial charge is 0.195 e. The third kappa shape index (κ3) is 3.74. The highest BCUT2D eigenvalue weighted by Gasteiger charge is 1.90. The minimum atomic E-state index is 0.825. The van der Waals surface area contributed by atoms with Crippen molar-refractivity contribution in [3.8, 4) is 0 Å². The highest BCUT2D eigenvalue weighted by Crippen LogP contribution is 2.16. The van der Waals surface area contributed by atoms with E-state index in [1.54, 1.807) is 0 Å². The normalized spacial score (nSPS) is 10.3. The molecule has 0 saturated carbocycles. The van der Waals surface area contributed by atoms with Crippen molar-refractivity contribution in [2.24, 2.45) is 4.99 Å². The van der Waals surface area contributed by atoms with Gasteiger partial charge in [0.2, 0.25) is 0 Å². The lowest BCUT2D eigenvalue weighted by Gasteiger charge is -1.96. The molecule has 0 aromatic heterocycles. The van der Waals surface area contributed by atoms with Crippen LogP contribution >= 0.6 is 28.1 Å². The Hall–Kier alpha value is -1.54. The summed E-state index contributed by atoms with van der Waals surface area (Å²) in [4.78, 5) is 3.91. The molecule has 2 aromatic carbocycles. The Morgan fingerprint density at radius 3 is 1.89 bits per heavy atom. The number of aliphatic imine (C=N–C) groups is 1. The predicted octanol–water partition coefficient (Wildman–Crippen LogP) is 5.35. The summed E-state index contributed by atoms with van der Waals surface area (Å²) in [6, 6.07) is 16.0. The minimum Gasteiger partial charge on any atom is -0.195 e. The van der Waals surface area contributed by atoms with Gasteiger partial charge in [0.05, 0.1) is 10.8 Å². The van der Waals surface area contributed by atoms with Crippen LogP contribution in [0.25, 0.3) is 12.2 Å². The number of thiocarbonyl (C=S) groups is 1. The van der Waals surface area contributed by atoms with E-state index in [1.165, 1.54) is 5.56 Å². The highest BCUT2D eigenvalue weighted by molar-refractivity contribution is 9.10. The lowest BCUT2D eigenvalue weighted by atomic mass is 10.1. The van der Waals surface area contributed by atoms with Crippen LogP contribution in [-0.4, -0.2) is 5.16 Å². The van der Waals surface area contributed by atoms with Gasteiger partial charge >= 0.3 is 0 Å². The van der Waals surface area contributed by atoms with Crippen LogP contribution in [0.4, 0.5) is 5.69 Å². The molecule has 0 bridgehead atoms. The smallest absolute Gasteiger partial charge is 0.0739 e. The molecule has 2 aromatic rings. The monoisotopic (exact) mass is 315 g/mol. The van der Waals surface area contributed by atoms with Crippen molar-refractivity contribution >= 4 is 51.1 Å². The molecule has 0 amide bonds. The molecule has 0 heterocycles. The maximum atomic E-state index is 4.56. The van der Waals surface area contributed by atoms with E-state index in [0.717, 1.165) is 15.7 Å². The van der Waals surface area contributed by atoms with Gasteiger partial charge in [0.25, 0.3) is 0 Å². The van der Waals surface area contributed by atoms with Crippen LogP contribution in [0, 0.1) is 0 Å². The Morgan fingerprint density at radius 1 is 0.889 bits per heavy atom. The van der Waals surface area contributed by atoms with Crippen LogP contribution in [0.1, 0.15) is 11.1 Å². The molecule has 0 atom stereocenters. The molecule has 88 valence electrons. The summed E-state index contributed by atoms with van der Waals surface area (Å²) in [6.07, 6.45) is 4.14. The van der Waals surface area contributed by atoms with Crippen LogP contribution in [0.3, 0.4) is 0 Å². The standard InChI is InChI=1S/C15H10BrNS/c16-14-7-3-12(4-8-14)1-2-13-5-9-15(10-6-13)17-11-18/h1-10H/b2-1+. The average Bonchev–Trinajstić information content (AvgIpc) is 2.40. The fourth-order valence-corrected chi connectivity index (χ4v) is 1.85. The summed E-state index contributed by atoms with van der Waals surface area (Å²) in [6.45, 7) is 0. The highest BCUT2D eigenvalue weighted by atomic mass is 79.9. The summed E-state index contributed by atoms with van der Waals surface area (Å²) >= 11 is 7.97. The summed E-state index contributed by atoms with van der Waals surface area (Å²) in [5.74, 6) is 0. The van der Waals surface area contributed by atoms with E-state index in [-0.39, 0.29) is 0 Å². The van der Waals surface area contributed by atoms with Crippen molar-refractivity contribution in [2.75, 3.05) is 0 Å². The Kier molecular flexibility index (Phi) is 4.59. The first-order valence-electron chi connectivity index (χ1n) is 5.39. The lowest BCUT2D eigenvalue weighted by molar-refractivity contribution is 1.54. The molecular formula is C15H10BrNS. The molecule has 3 heteroatoms. The van der Waals surface area contributed by atoms with E-state index in [0.29, 0.717) is 0 Å². The SMILES string of the molecule is S=C=Nc1ccc(/C=C/c2ccc(Br)cc2)cc1. The quantitative estimate of drug-likeness (QED) is 0.422. The van der Waals surface area contributed by atoms with Gasteiger partial charge in [-0.15, -0.1) is 0 Å². The fourth-order valence-electron chi connectivity index (χ4n) is 1.48. The first kappa shape index (κ1) is 12.9. The first-order chi connectivity index (χ1) is 8.78. The number of isothiocyanates is 1. The number of benzene rings is 2. The van der Waals surface area contributed by atoms with Crippen molar-refractivity contribution < 1.29 is 0 Å². The number of rotatable bonds is 3. The van der Waals surface area contributed by atoms with Crippen LogP contribution < -0.4 is 0 Å². The lowest BCUT2D eigenvalue weighted by Crippen LogP contribution is -1.73. The van der Waals surface area contributed by atoms with Gasteiger partial charge in [-0.05, 0) is 47.6 Å². The topological polar surface area (TPSA) is 12.4 Å². The van der Waals surface area contributed by atoms with Crippen LogP contribution in [0.15, 0.2) is 58.0 Å². The molecule has 2 rings (SSSR count). The van der Waals surface area contributed by atoms with E-state index in [2.05, 4.69) is 62.6 Å². The Balaban J connectivity index is 2.13. The van der Waals surface area contributed by atoms with Gasteiger partial charge in [0.1, 0.15) is 0 Å². The van der Waals surface area contributed by atoms with Crippen molar-refractivity contribution in [3.05, 3.63) is 64.1 Å². The molecule has 0 fully saturated rings. The van der Waals surface area contributed by atoms with Gasteiger partial charge in [-0.2, -0.15) is 4.99 Å². The maximum absolute atomic E-state index is 4.56. The van der Waals surface area contributed by atoms with Gasteiger partial charge in [0.15, 0.2) is 0 Å². The molecule has 0 spiro atoms. The Labute approximate surface area is 120 Å². The van der Waals surface area contributed by atoms with Crippen molar-refractivity contribution in [1.82, 2.24) is 0 Å². The fraction of sp³-hybridized carbons (Fsp3) is 0. The number of hydrogen-bond donors (Lipinski definition) is 0. The number of halogens is 1. The molecule has 0 aliphatic carbocycles. The van der Waals surface area contributed by atoms with E-state index < -0.39 is 0 Å². The second-order valence-electron chi connectivity index (χ2n) is 3.68. The molecule has 0 radical (unpaired) electrons. The van der Waals surface area contributed by atoms with Gasteiger partial charge in [-0.1, -0.05) is 52.3 Å². The predicted molar refractivity (Wildman–Crippen MR) is 84.2 cm³/mol. The molecular weight excluding hydrogens is 306 g/mol. The van der Waals surface area contributed by atoms with E-state index in [1.807, 2.05) is 36.4 Å². The molecule has 0 aliphatic rings. The molecule has 0 saturated heterocycles. The Morgan fingerprint density at radius 2 is 1.39 bits per heavy atom. The zero-order valence-corrected chi connectivity index (χ0v) is 11.9. The van der Waals surface area contributed by atoms with E-state index in [9.17, 15) is 0 Å². The molecule has 1 nitrogen and oxygen atoms in total. The van der Waals surface area contributed by atoms with Crippen molar-refractivity contribution in [3.63, 3.8) is 0 Å². The van der Waals surface area contributed by atoms with Crippen molar-refractivity contribution in [1.29, 1.82) is 0 Å². The average molecular weight is 316 g/mol. The number of hydrogen-bond acceptors (Lipinski definition) is 2. The zero-order chi connectivity index (χ0) is 12.8. The van der Waals surface area contributed by atoms with Crippen LogP contribution in [0.5, 0.6) is 0 Å². The minimum absolute atomic E-state index is 0.825. The maximum Gasteiger partial charge on any atom is 0.0739 e. The number of nitrogens with zero attached hydrogens (tertiary/aromatic N) is 1. The van der Waals surface area contributed by atoms with Gasteiger partial charge in [-0.25, -0.2) is 0 Å². The zero-order valence-electron chi connectivity index (χ0n) is 9.51. The van der Waals surface area contributed by atoms with Gasteiger partial charge < -0.3 is 0 Å². The van der Waals surface area contributed by atoms with E-state index >= 15 is 0 Å². The third-order valence-corrected chi connectivity index (χ3v) is 3.03. The van der Waals surface area contributed by atoms with Gasteiger partial charge in [-0.3, -0.25) is 0 Å². The Bertz CT molecular complexity index is 593. The second-order valence-corrected chi connectivity index (χ2v) is 4.78. The molecule has 0 unspecified atom stereocenters. The third-order valence-electron chi connectivity index (χ3n) is 2.41. The van der Waals surface area contributed by atoms with Crippen molar-refractivity contribution in [2.45, 2.75) is 0 Å². The summed E-state index contributed by atoms with van der Waals surface area (Å²) < 4.78 is 1.09.